The number of aliphatic hydroxyl groups is 1. The van der Waals surface area contributed by atoms with E-state index < -0.39 is 5.91 Å². The van der Waals surface area contributed by atoms with Crippen LogP contribution in [-0.2, 0) is 4.74 Å². The maximum Gasteiger partial charge on any atom is 0.254 e. The molecule has 0 unspecified atom stereocenters. The summed E-state index contributed by atoms with van der Waals surface area (Å²) in [5, 5.41) is 16.2. The number of nitrogens with one attached hydrogen (secondary N) is 2. The molecule has 0 saturated heterocycles. The summed E-state index contributed by atoms with van der Waals surface area (Å²) in [5.74, 6) is 0.387. The third kappa shape index (κ3) is 4.58. The maximum absolute atomic E-state index is 11.7. The van der Waals surface area contributed by atoms with Gasteiger partial charge in [-0.3, -0.25) is 4.79 Å². The lowest BCUT2D eigenvalue weighted by molar-refractivity contribution is 0.0681. The second-order valence-electron chi connectivity index (χ2n) is 6.98. The van der Waals surface area contributed by atoms with E-state index in [1.807, 2.05) is 0 Å². The van der Waals surface area contributed by atoms with Crippen molar-refractivity contribution in [1.82, 2.24) is 9.97 Å². The van der Waals surface area contributed by atoms with Gasteiger partial charge < -0.3 is 26.2 Å². The number of amides is 1. The van der Waals surface area contributed by atoms with Gasteiger partial charge in [-0.15, -0.1) is 0 Å². The Morgan fingerprint density at radius 3 is 2.52 bits per heavy atom. The van der Waals surface area contributed by atoms with Gasteiger partial charge in [0, 0.05) is 25.4 Å². The topological polar surface area (TPSA) is 122 Å². The lowest BCUT2D eigenvalue weighted by Gasteiger charge is -2.29. The summed E-state index contributed by atoms with van der Waals surface area (Å²) in [6, 6.07) is 0.389. The van der Waals surface area contributed by atoms with Crippen molar-refractivity contribution in [3.63, 3.8) is 0 Å². The first kappa shape index (κ1) is 17.9. The molecule has 1 aromatic heterocycles. The predicted octanol–water partition coefficient (Wildman–Crippen LogP) is 1.27. The summed E-state index contributed by atoms with van der Waals surface area (Å²) in [6.07, 6.45) is 7.73. The average molecular weight is 349 g/mol. The summed E-state index contributed by atoms with van der Waals surface area (Å²) in [6.45, 7) is 0. The number of nitrogens with zero attached hydrogens (tertiary/aromatic N) is 2. The van der Waals surface area contributed by atoms with Crippen molar-refractivity contribution in [3.8, 4) is 0 Å². The van der Waals surface area contributed by atoms with Crippen LogP contribution in [0.3, 0.4) is 0 Å². The molecule has 2 fully saturated rings. The normalized spacial score (nSPS) is 29.4. The highest BCUT2D eigenvalue weighted by atomic mass is 16.5. The van der Waals surface area contributed by atoms with Crippen molar-refractivity contribution >= 4 is 17.7 Å². The number of hydrogen-bond acceptors (Lipinski definition) is 7. The van der Waals surface area contributed by atoms with Crippen molar-refractivity contribution in [2.45, 2.75) is 69.2 Å². The number of aromatic nitrogens is 2. The van der Waals surface area contributed by atoms with E-state index in [-0.39, 0.29) is 18.2 Å². The Kier molecular flexibility index (Phi) is 5.70. The molecule has 2 atom stereocenters. The highest BCUT2D eigenvalue weighted by molar-refractivity contribution is 5.97. The monoisotopic (exact) mass is 349 g/mol. The van der Waals surface area contributed by atoms with E-state index in [0.717, 1.165) is 38.5 Å². The fourth-order valence-electron chi connectivity index (χ4n) is 3.65. The van der Waals surface area contributed by atoms with Gasteiger partial charge in [0.15, 0.2) is 0 Å². The molecule has 0 bridgehead atoms. The first-order chi connectivity index (χ1) is 12.0. The first-order valence-corrected chi connectivity index (χ1v) is 8.96. The third-order valence-electron chi connectivity index (χ3n) is 5.14. The number of methoxy groups -OCH3 is 1. The van der Waals surface area contributed by atoms with Crippen molar-refractivity contribution in [1.29, 1.82) is 0 Å². The number of aliphatic hydroxyl groups excluding tert-OH is 1. The molecule has 8 heteroatoms. The number of primary amides is 1. The second kappa shape index (κ2) is 7.97. The van der Waals surface area contributed by atoms with Crippen LogP contribution >= 0.6 is 0 Å². The van der Waals surface area contributed by atoms with Gasteiger partial charge in [0.2, 0.25) is 5.95 Å². The third-order valence-corrected chi connectivity index (χ3v) is 5.14. The summed E-state index contributed by atoms with van der Waals surface area (Å²) >= 11 is 0. The Hall–Kier alpha value is -1.93. The maximum atomic E-state index is 11.7. The average Bonchev–Trinajstić information content (AvgIpc) is 3.00. The molecule has 2 aliphatic rings. The van der Waals surface area contributed by atoms with Gasteiger partial charge >= 0.3 is 0 Å². The second-order valence-corrected chi connectivity index (χ2v) is 6.98. The molecule has 0 spiro atoms. The fourth-order valence-corrected chi connectivity index (χ4v) is 3.65. The number of rotatable bonds is 6. The molecular weight excluding hydrogens is 322 g/mol. The van der Waals surface area contributed by atoms with Crippen LogP contribution in [0.15, 0.2) is 6.20 Å². The number of hydrogen-bond donors (Lipinski definition) is 4. The molecule has 0 aromatic carbocycles. The van der Waals surface area contributed by atoms with Crippen molar-refractivity contribution in [2.75, 3.05) is 17.7 Å². The van der Waals surface area contributed by atoms with Crippen LogP contribution in [0, 0.1) is 0 Å². The number of carbonyl (C=O) groups is 1. The van der Waals surface area contributed by atoms with Crippen LogP contribution in [0.1, 0.15) is 55.3 Å². The minimum atomic E-state index is -0.545. The molecular formula is C17H27N5O3. The summed E-state index contributed by atoms with van der Waals surface area (Å²) in [4.78, 5) is 20.4. The molecule has 0 aliphatic heterocycles. The van der Waals surface area contributed by atoms with Crippen LogP contribution in [-0.4, -0.2) is 52.4 Å². The number of carbonyl (C=O) groups excluding carboxylic acids is 1. The molecule has 1 aromatic rings. The smallest absolute Gasteiger partial charge is 0.254 e. The van der Waals surface area contributed by atoms with Gasteiger partial charge in [-0.05, 0) is 44.9 Å². The SMILES string of the molecule is CO[C@H]1CC[C@@H](Nc2nc(N[C@H]3CC[C@H](O)C3)ncc2C(N)=O)CC1. The van der Waals surface area contributed by atoms with Crippen LogP contribution in [0.25, 0.3) is 0 Å². The number of anilines is 2. The van der Waals surface area contributed by atoms with Gasteiger partial charge in [-0.2, -0.15) is 4.98 Å². The molecule has 1 amide bonds. The minimum Gasteiger partial charge on any atom is -0.393 e. The van der Waals surface area contributed by atoms with Gasteiger partial charge in [-0.1, -0.05) is 0 Å². The molecule has 25 heavy (non-hydrogen) atoms. The van der Waals surface area contributed by atoms with Crippen molar-refractivity contribution in [3.05, 3.63) is 11.8 Å². The zero-order chi connectivity index (χ0) is 17.8. The highest BCUT2D eigenvalue weighted by Crippen LogP contribution is 2.26. The van der Waals surface area contributed by atoms with Crippen molar-refractivity contribution in [2.24, 2.45) is 5.73 Å². The molecule has 2 aliphatic carbocycles. The fraction of sp³-hybridized carbons (Fsp3) is 0.706. The van der Waals surface area contributed by atoms with E-state index in [4.69, 9.17) is 10.5 Å². The lowest BCUT2D eigenvalue weighted by Crippen LogP contribution is -2.31. The Morgan fingerprint density at radius 1 is 1.20 bits per heavy atom. The Balaban J connectivity index is 1.69. The Labute approximate surface area is 147 Å². The summed E-state index contributed by atoms with van der Waals surface area (Å²) in [7, 11) is 1.74. The van der Waals surface area contributed by atoms with E-state index in [9.17, 15) is 9.90 Å². The van der Waals surface area contributed by atoms with Crippen molar-refractivity contribution < 1.29 is 14.6 Å². The highest BCUT2D eigenvalue weighted by Gasteiger charge is 2.25. The molecule has 138 valence electrons. The van der Waals surface area contributed by atoms with E-state index in [1.165, 1.54) is 6.20 Å². The molecule has 8 nitrogen and oxygen atoms in total. The lowest BCUT2D eigenvalue weighted by atomic mass is 9.93. The van der Waals surface area contributed by atoms with E-state index in [1.54, 1.807) is 7.11 Å². The van der Waals surface area contributed by atoms with E-state index in [0.29, 0.717) is 29.9 Å². The molecule has 5 N–H and O–H groups in total. The van der Waals surface area contributed by atoms with Gasteiger partial charge in [0.1, 0.15) is 5.82 Å². The summed E-state index contributed by atoms with van der Waals surface area (Å²) in [5.41, 5.74) is 5.76. The van der Waals surface area contributed by atoms with Crippen LogP contribution in [0.5, 0.6) is 0 Å². The zero-order valence-electron chi connectivity index (χ0n) is 14.6. The van der Waals surface area contributed by atoms with Gasteiger partial charge in [0.25, 0.3) is 5.91 Å². The molecule has 0 radical (unpaired) electrons. The molecule has 1 heterocycles. The standard InChI is InChI=1S/C17H27N5O3/c1-25-13-6-3-10(4-7-13)20-16-14(15(18)24)9-19-17(22-16)21-11-2-5-12(23)8-11/h9-13,23H,2-8H2,1H3,(H2,18,24)(H2,19,20,21,22)/t10-,11-,12-,13+/m0/s1. The predicted molar refractivity (Wildman–Crippen MR) is 94.5 cm³/mol. The van der Waals surface area contributed by atoms with E-state index in [2.05, 4.69) is 20.6 Å². The van der Waals surface area contributed by atoms with Crippen LogP contribution in [0.4, 0.5) is 11.8 Å². The first-order valence-electron chi connectivity index (χ1n) is 8.96. The zero-order valence-corrected chi connectivity index (χ0v) is 14.6. The molecule has 2 saturated carbocycles. The van der Waals surface area contributed by atoms with Gasteiger partial charge in [-0.25, -0.2) is 4.98 Å². The van der Waals surface area contributed by atoms with E-state index >= 15 is 0 Å². The number of ether oxygens (including phenoxy) is 1. The van der Waals surface area contributed by atoms with Gasteiger partial charge in [0.05, 0.1) is 17.8 Å². The quantitative estimate of drug-likeness (QED) is 0.610. The minimum absolute atomic E-state index is 0.152. The van der Waals surface area contributed by atoms with Crippen LogP contribution in [0.2, 0.25) is 0 Å². The Bertz CT molecular complexity index is 604. The summed E-state index contributed by atoms with van der Waals surface area (Å²) < 4.78 is 5.40. The number of nitrogens with two attached hydrogens (primary N) is 1. The largest absolute Gasteiger partial charge is 0.393 e. The Morgan fingerprint density at radius 2 is 1.92 bits per heavy atom. The van der Waals surface area contributed by atoms with Crippen LogP contribution < -0.4 is 16.4 Å². The molecule has 3 rings (SSSR count).